The van der Waals surface area contributed by atoms with Crippen molar-refractivity contribution < 1.29 is 27.1 Å². The number of piperidine rings is 1. The number of alkyl halides is 3. The number of primary amides is 1. The zero-order valence-electron chi connectivity index (χ0n) is 19.8. The average Bonchev–Trinajstić information content (AvgIpc) is 2.87. The highest BCUT2D eigenvalue weighted by Gasteiger charge is 2.33. The maximum Gasteiger partial charge on any atom is 0.417 e. The fourth-order valence-electron chi connectivity index (χ4n) is 4.52. The van der Waals surface area contributed by atoms with Gasteiger partial charge < -0.3 is 20.7 Å². The number of morpholine rings is 1. The SMILES string of the molecule is CC(C(N)=O)N1CCC(CNc2ncnc(N3CCOC[C@@H]3c3ccc(C(F)(F)F)cn3)c2F)CC1. The Morgan fingerprint density at radius 1 is 1.22 bits per heavy atom. The number of nitrogens with one attached hydrogen (secondary N) is 1. The third kappa shape index (κ3) is 5.84. The molecule has 2 aromatic heterocycles. The van der Waals surface area contributed by atoms with E-state index in [2.05, 4.69) is 20.3 Å². The lowest BCUT2D eigenvalue weighted by molar-refractivity contribution is -0.137. The van der Waals surface area contributed by atoms with Crippen LogP contribution in [-0.4, -0.2) is 71.2 Å². The van der Waals surface area contributed by atoms with Crippen LogP contribution in [0.4, 0.5) is 29.2 Å². The number of rotatable bonds is 7. The predicted molar refractivity (Wildman–Crippen MR) is 124 cm³/mol. The van der Waals surface area contributed by atoms with E-state index < -0.39 is 23.6 Å². The Labute approximate surface area is 206 Å². The summed E-state index contributed by atoms with van der Waals surface area (Å²) < 4.78 is 59.8. The van der Waals surface area contributed by atoms with Gasteiger partial charge in [-0.05, 0) is 50.9 Å². The van der Waals surface area contributed by atoms with Gasteiger partial charge in [0.15, 0.2) is 11.6 Å². The third-order valence-electron chi connectivity index (χ3n) is 6.79. The van der Waals surface area contributed by atoms with Gasteiger partial charge in [-0.25, -0.2) is 9.97 Å². The minimum Gasteiger partial charge on any atom is -0.377 e. The van der Waals surface area contributed by atoms with Crippen LogP contribution in [0.5, 0.6) is 0 Å². The van der Waals surface area contributed by atoms with E-state index in [-0.39, 0.29) is 42.7 Å². The summed E-state index contributed by atoms with van der Waals surface area (Å²) in [6.45, 7) is 4.47. The zero-order chi connectivity index (χ0) is 25.9. The lowest BCUT2D eigenvalue weighted by Crippen LogP contribution is -2.47. The number of nitrogens with two attached hydrogens (primary N) is 1. The van der Waals surface area contributed by atoms with E-state index in [1.807, 2.05) is 4.90 Å². The molecule has 2 aliphatic rings. The van der Waals surface area contributed by atoms with E-state index in [0.717, 1.165) is 38.2 Å². The monoisotopic (exact) mass is 511 g/mol. The molecule has 2 fully saturated rings. The minimum absolute atomic E-state index is 0.0348. The summed E-state index contributed by atoms with van der Waals surface area (Å²) >= 11 is 0. The molecule has 4 heterocycles. The summed E-state index contributed by atoms with van der Waals surface area (Å²) in [6, 6.07) is 1.31. The maximum absolute atomic E-state index is 15.5. The van der Waals surface area contributed by atoms with Crippen LogP contribution in [0.15, 0.2) is 24.7 Å². The molecule has 0 aromatic carbocycles. The van der Waals surface area contributed by atoms with Crippen molar-refractivity contribution in [2.75, 3.05) is 49.6 Å². The van der Waals surface area contributed by atoms with Gasteiger partial charge in [-0.3, -0.25) is 14.7 Å². The quantitative estimate of drug-likeness (QED) is 0.546. The number of nitrogens with zero attached hydrogens (tertiary/aromatic N) is 5. The molecule has 0 saturated carbocycles. The summed E-state index contributed by atoms with van der Waals surface area (Å²) in [5.74, 6) is -0.635. The number of pyridine rings is 1. The van der Waals surface area contributed by atoms with Crippen LogP contribution >= 0.6 is 0 Å². The van der Waals surface area contributed by atoms with Gasteiger partial charge in [0.1, 0.15) is 6.33 Å². The van der Waals surface area contributed by atoms with Crippen molar-refractivity contribution in [3.05, 3.63) is 41.7 Å². The molecular weight excluding hydrogens is 482 g/mol. The number of carbonyl (C=O) groups excluding carboxylic acids is 1. The average molecular weight is 512 g/mol. The highest BCUT2D eigenvalue weighted by Crippen LogP contribution is 2.33. The number of anilines is 2. The van der Waals surface area contributed by atoms with Gasteiger partial charge in [0.2, 0.25) is 11.7 Å². The molecule has 0 aliphatic carbocycles. The number of carbonyl (C=O) groups is 1. The Morgan fingerprint density at radius 2 is 1.97 bits per heavy atom. The molecule has 2 atom stereocenters. The standard InChI is InChI=1S/C23H29F4N7O2/c1-14(20(28)35)33-6-4-15(5-7-33)10-30-21-19(24)22(32-13-31-21)34-8-9-36-12-18(34)17-3-2-16(11-29-17)23(25,26)27/h2-3,11,13-15,18H,4-10,12H2,1H3,(H2,28,35)(H,30,31,32)/t14?,18-/m1/s1. The van der Waals surface area contributed by atoms with E-state index in [0.29, 0.717) is 18.8 Å². The summed E-state index contributed by atoms with van der Waals surface area (Å²) in [5, 5.41) is 3.07. The first-order chi connectivity index (χ1) is 17.1. The van der Waals surface area contributed by atoms with Gasteiger partial charge >= 0.3 is 6.18 Å². The number of ether oxygens (including phenoxy) is 1. The minimum atomic E-state index is -4.50. The maximum atomic E-state index is 15.5. The van der Waals surface area contributed by atoms with E-state index in [4.69, 9.17) is 10.5 Å². The molecule has 4 rings (SSSR count). The van der Waals surface area contributed by atoms with Crippen molar-refractivity contribution in [1.29, 1.82) is 0 Å². The van der Waals surface area contributed by atoms with E-state index >= 15 is 4.39 Å². The van der Waals surface area contributed by atoms with Crippen LogP contribution in [0.3, 0.4) is 0 Å². The molecule has 2 aliphatic heterocycles. The summed E-state index contributed by atoms with van der Waals surface area (Å²) in [5.41, 5.74) is 4.86. The van der Waals surface area contributed by atoms with Crippen LogP contribution < -0.4 is 16.0 Å². The molecular formula is C23H29F4N7O2. The second-order valence-corrected chi connectivity index (χ2v) is 9.05. The Kier molecular flexibility index (Phi) is 7.88. The van der Waals surface area contributed by atoms with Crippen molar-refractivity contribution in [2.45, 2.75) is 38.0 Å². The lowest BCUT2D eigenvalue weighted by atomic mass is 9.95. The van der Waals surface area contributed by atoms with Crippen molar-refractivity contribution >= 4 is 17.5 Å². The first-order valence-electron chi connectivity index (χ1n) is 11.8. The number of amides is 1. The second kappa shape index (κ2) is 10.9. The van der Waals surface area contributed by atoms with Crippen LogP contribution in [0.25, 0.3) is 0 Å². The molecule has 2 aromatic rings. The topological polar surface area (TPSA) is 110 Å². The van der Waals surface area contributed by atoms with Crippen LogP contribution in [0.2, 0.25) is 0 Å². The largest absolute Gasteiger partial charge is 0.417 e. The van der Waals surface area contributed by atoms with Crippen LogP contribution in [0, 0.1) is 11.7 Å². The molecule has 0 bridgehead atoms. The van der Waals surface area contributed by atoms with Crippen molar-refractivity contribution in [2.24, 2.45) is 11.7 Å². The molecule has 1 unspecified atom stereocenters. The highest BCUT2D eigenvalue weighted by molar-refractivity contribution is 5.79. The van der Waals surface area contributed by atoms with Crippen molar-refractivity contribution in [3.8, 4) is 0 Å². The van der Waals surface area contributed by atoms with Crippen molar-refractivity contribution in [1.82, 2.24) is 19.9 Å². The molecule has 0 radical (unpaired) electrons. The second-order valence-electron chi connectivity index (χ2n) is 9.05. The third-order valence-corrected chi connectivity index (χ3v) is 6.79. The van der Waals surface area contributed by atoms with Gasteiger partial charge in [-0.15, -0.1) is 0 Å². The molecule has 9 nitrogen and oxygen atoms in total. The summed E-state index contributed by atoms with van der Waals surface area (Å²) in [4.78, 5) is 27.2. The first kappa shape index (κ1) is 26.0. The van der Waals surface area contributed by atoms with E-state index in [1.165, 1.54) is 12.4 Å². The summed E-state index contributed by atoms with van der Waals surface area (Å²) in [6.07, 6.45) is -0.819. The van der Waals surface area contributed by atoms with Crippen LogP contribution in [-0.2, 0) is 15.7 Å². The fraction of sp³-hybridized carbons (Fsp3) is 0.565. The zero-order valence-corrected chi connectivity index (χ0v) is 19.8. The number of hydrogen-bond acceptors (Lipinski definition) is 8. The highest BCUT2D eigenvalue weighted by atomic mass is 19.4. The van der Waals surface area contributed by atoms with E-state index in [1.54, 1.807) is 11.8 Å². The number of halogens is 4. The number of aromatic nitrogens is 3. The van der Waals surface area contributed by atoms with E-state index in [9.17, 15) is 18.0 Å². The van der Waals surface area contributed by atoms with Gasteiger partial charge in [0.25, 0.3) is 0 Å². The summed E-state index contributed by atoms with van der Waals surface area (Å²) in [7, 11) is 0. The Balaban J connectivity index is 1.44. The lowest BCUT2D eigenvalue weighted by Gasteiger charge is -2.36. The van der Waals surface area contributed by atoms with Gasteiger partial charge in [-0.1, -0.05) is 0 Å². The Hall–Kier alpha value is -3.06. The number of likely N-dealkylation sites (tertiary alicyclic amines) is 1. The fourth-order valence-corrected chi connectivity index (χ4v) is 4.52. The van der Waals surface area contributed by atoms with Gasteiger partial charge in [-0.2, -0.15) is 17.6 Å². The predicted octanol–water partition coefficient (Wildman–Crippen LogP) is 2.61. The smallest absolute Gasteiger partial charge is 0.377 e. The van der Waals surface area contributed by atoms with Gasteiger partial charge in [0.05, 0.1) is 36.6 Å². The molecule has 1 amide bonds. The molecule has 13 heteroatoms. The molecule has 196 valence electrons. The van der Waals surface area contributed by atoms with Crippen molar-refractivity contribution in [3.63, 3.8) is 0 Å². The Morgan fingerprint density at radius 3 is 2.61 bits per heavy atom. The van der Waals surface area contributed by atoms with Crippen LogP contribution in [0.1, 0.15) is 37.1 Å². The Bertz CT molecular complexity index is 1050. The first-order valence-corrected chi connectivity index (χ1v) is 11.8. The molecule has 0 spiro atoms. The molecule has 2 saturated heterocycles. The molecule has 36 heavy (non-hydrogen) atoms. The molecule has 3 N–H and O–H groups in total. The van der Waals surface area contributed by atoms with Gasteiger partial charge in [0, 0.05) is 19.3 Å². The normalized spacial score (nSPS) is 20.8. The number of hydrogen-bond donors (Lipinski definition) is 2.